The van der Waals surface area contributed by atoms with E-state index >= 15 is 0 Å². The molecule has 8 heavy (non-hydrogen) atoms. The van der Waals surface area contributed by atoms with Crippen LogP contribution in [0, 0.1) is 0 Å². The summed E-state index contributed by atoms with van der Waals surface area (Å²) in [7, 11) is -2.65. The Morgan fingerprint density at radius 1 is 1.38 bits per heavy atom. The summed E-state index contributed by atoms with van der Waals surface area (Å²) in [6, 6.07) is 0. The highest BCUT2D eigenvalue weighted by molar-refractivity contribution is 7.97. The molecule has 0 atom stereocenters. The maximum Gasteiger partial charge on any atom is 0.0441 e. The van der Waals surface area contributed by atoms with E-state index in [1.165, 1.54) is 0 Å². The normalized spacial score (nSPS) is 31.6. The Morgan fingerprint density at radius 3 is 2.12 bits per heavy atom. The third-order valence-electron chi connectivity index (χ3n) is 1.28. The predicted molar refractivity (Wildman–Crippen MR) is 34.8 cm³/mol. The van der Waals surface area contributed by atoms with Gasteiger partial charge in [0.1, 0.15) is 0 Å². The van der Waals surface area contributed by atoms with Crippen molar-refractivity contribution in [3.8, 4) is 0 Å². The standard InChI is InChI=1S/C4H11NO2S/c6-8(7)3-1-5-2-4-8/h5,8H,1-4H2,(H,6,7). The van der Waals surface area contributed by atoms with E-state index in [1.54, 1.807) is 0 Å². The van der Waals surface area contributed by atoms with E-state index in [9.17, 15) is 4.21 Å². The minimum Gasteiger partial charge on any atom is -0.314 e. The molecule has 0 aliphatic carbocycles. The van der Waals surface area contributed by atoms with Crippen molar-refractivity contribution in [3.05, 3.63) is 0 Å². The van der Waals surface area contributed by atoms with Gasteiger partial charge in [0.2, 0.25) is 0 Å². The van der Waals surface area contributed by atoms with Gasteiger partial charge in [-0.1, -0.05) is 0 Å². The molecular weight excluding hydrogens is 126 g/mol. The average Bonchev–Trinajstić information content (AvgIpc) is 1.65. The maximum atomic E-state index is 10.7. The van der Waals surface area contributed by atoms with Crippen LogP contribution < -0.4 is 5.32 Å². The lowest BCUT2D eigenvalue weighted by Gasteiger charge is -2.26. The highest BCUT2D eigenvalue weighted by atomic mass is 32.3. The van der Waals surface area contributed by atoms with Crippen molar-refractivity contribution in [1.82, 2.24) is 5.32 Å². The van der Waals surface area contributed by atoms with Crippen LogP contribution in [0.5, 0.6) is 0 Å². The summed E-state index contributed by atoms with van der Waals surface area (Å²) in [6.45, 7) is 1.40. The summed E-state index contributed by atoms with van der Waals surface area (Å²) >= 11 is 0. The van der Waals surface area contributed by atoms with Gasteiger partial charge < -0.3 is 9.87 Å². The molecule has 0 unspecified atom stereocenters. The predicted octanol–water partition coefficient (Wildman–Crippen LogP) is -0.921. The summed E-state index contributed by atoms with van der Waals surface area (Å²) in [6.07, 6.45) is 0. The molecule has 0 spiro atoms. The van der Waals surface area contributed by atoms with Crippen LogP contribution in [0.15, 0.2) is 0 Å². The highest BCUT2D eigenvalue weighted by Crippen LogP contribution is 1.99. The van der Waals surface area contributed by atoms with E-state index in [0.717, 1.165) is 0 Å². The minimum absolute atomic E-state index is 0.451. The van der Waals surface area contributed by atoms with E-state index < -0.39 is 10.2 Å². The van der Waals surface area contributed by atoms with Crippen molar-refractivity contribution in [1.29, 1.82) is 0 Å². The van der Waals surface area contributed by atoms with Gasteiger partial charge in [-0.2, -0.15) is 10.2 Å². The molecule has 0 bridgehead atoms. The van der Waals surface area contributed by atoms with Crippen molar-refractivity contribution in [3.63, 3.8) is 0 Å². The fourth-order valence-corrected chi connectivity index (χ4v) is 1.98. The van der Waals surface area contributed by atoms with Gasteiger partial charge in [-0.3, -0.25) is 0 Å². The second kappa shape index (κ2) is 2.13. The smallest absolute Gasteiger partial charge is 0.0441 e. The third-order valence-corrected chi connectivity index (χ3v) is 3.12. The van der Waals surface area contributed by atoms with E-state index in [-0.39, 0.29) is 0 Å². The Balaban J connectivity index is 2.45. The molecule has 0 aromatic carbocycles. The summed E-state index contributed by atoms with van der Waals surface area (Å²) in [5, 5.41) is 3.01. The van der Waals surface area contributed by atoms with E-state index in [2.05, 4.69) is 5.32 Å². The Morgan fingerprint density at radius 2 is 1.88 bits per heavy atom. The lowest BCUT2D eigenvalue weighted by Crippen LogP contribution is -2.39. The lowest BCUT2D eigenvalue weighted by atomic mass is 10.6. The average molecular weight is 137 g/mol. The molecule has 50 valence electrons. The molecule has 1 heterocycles. The maximum absolute atomic E-state index is 10.7. The number of hydrogen-bond acceptors (Lipinski definition) is 2. The monoisotopic (exact) mass is 137 g/mol. The molecule has 1 fully saturated rings. The summed E-state index contributed by atoms with van der Waals surface area (Å²) in [5.41, 5.74) is 0. The molecule has 3 nitrogen and oxygen atoms in total. The molecule has 0 aromatic rings. The molecule has 0 aromatic heterocycles. The number of hydrogen-bond donors (Lipinski definition) is 3. The van der Waals surface area contributed by atoms with Crippen molar-refractivity contribution in [2.24, 2.45) is 0 Å². The van der Waals surface area contributed by atoms with E-state index in [1.807, 2.05) is 0 Å². The van der Waals surface area contributed by atoms with Crippen molar-refractivity contribution in [2.75, 3.05) is 24.6 Å². The van der Waals surface area contributed by atoms with Crippen LogP contribution in [0.2, 0.25) is 0 Å². The first kappa shape index (κ1) is 6.19. The molecule has 0 saturated carbocycles. The summed E-state index contributed by atoms with van der Waals surface area (Å²) < 4.78 is 19.6. The fourth-order valence-electron chi connectivity index (χ4n) is 0.744. The summed E-state index contributed by atoms with van der Waals surface area (Å²) in [4.78, 5) is 0. The van der Waals surface area contributed by atoms with Crippen molar-refractivity contribution < 1.29 is 8.76 Å². The Labute approximate surface area is 49.7 Å². The van der Waals surface area contributed by atoms with Crippen LogP contribution in [0.1, 0.15) is 0 Å². The second-order valence-electron chi connectivity index (χ2n) is 2.04. The van der Waals surface area contributed by atoms with Crippen LogP contribution in [-0.4, -0.2) is 33.4 Å². The van der Waals surface area contributed by atoms with Crippen LogP contribution >= 0.6 is 0 Å². The van der Waals surface area contributed by atoms with E-state index in [0.29, 0.717) is 24.6 Å². The first-order valence-corrected chi connectivity index (χ1v) is 4.75. The third kappa shape index (κ3) is 1.54. The Kier molecular flexibility index (Phi) is 1.65. The first-order chi connectivity index (χ1) is 3.71. The van der Waals surface area contributed by atoms with Crippen molar-refractivity contribution in [2.45, 2.75) is 0 Å². The van der Waals surface area contributed by atoms with Gasteiger partial charge in [-0.15, -0.1) is 0 Å². The molecule has 1 aliphatic rings. The number of nitrogens with one attached hydrogen (secondary N) is 1. The molecule has 1 rings (SSSR count). The van der Waals surface area contributed by atoms with Gasteiger partial charge in [0.15, 0.2) is 0 Å². The lowest BCUT2D eigenvalue weighted by molar-refractivity contribution is 0.522. The van der Waals surface area contributed by atoms with Crippen molar-refractivity contribution >= 4 is 10.2 Å². The zero-order valence-corrected chi connectivity index (χ0v) is 5.53. The van der Waals surface area contributed by atoms with Gasteiger partial charge in [0.25, 0.3) is 0 Å². The quantitative estimate of drug-likeness (QED) is 0.378. The van der Waals surface area contributed by atoms with Crippen LogP contribution in [-0.2, 0) is 10.2 Å². The largest absolute Gasteiger partial charge is 0.314 e. The van der Waals surface area contributed by atoms with Gasteiger partial charge in [0, 0.05) is 24.6 Å². The van der Waals surface area contributed by atoms with E-state index in [4.69, 9.17) is 4.55 Å². The Hall–Kier alpha value is 0.0700. The van der Waals surface area contributed by atoms with Gasteiger partial charge in [-0.05, 0) is 0 Å². The van der Waals surface area contributed by atoms with Gasteiger partial charge in [0.05, 0.1) is 0 Å². The molecule has 0 amide bonds. The first-order valence-electron chi connectivity index (χ1n) is 2.72. The second-order valence-corrected chi connectivity index (χ2v) is 4.63. The highest BCUT2D eigenvalue weighted by Gasteiger charge is 2.08. The van der Waals surface area contributed by atoms with Gasteiger partial charge in [-0.25, -0.2) is 4.21 Å². The fraction of sp³-hybridized carbons (Fsp3) is 1.00. The Bertz CT molecular complexity index is 115. The molecule has 4 heteroatoms. The molecule has 1 saturated heterocycles. The minimum atomic E-state index is -2.65. The number of rotatable bonds is 0. The zero-order chi connectivity index (χ0) is 6.04. The number of thiol groups is 1. The molecular formula is C4H11NO2S. The van der Waals surface area contributed by atoms with Crippen LogP contribution in [0.4, 0.5) is 0 Å². The zero-order valence-electron chi connectivity index (χ0n) is 4.63. The molecule has 0 radical (unpaired) electrons. The van der Waals surface area contributed by atoms with Crippen LogP contribution in [0.25, 0.3) is 0 Å². The summed E-state index contributed by atoms with van der Waals surface area (Å²) in [5.74, 6) is 0.903. The van der Waals surface area contributed by atoms with Crippen LogP contribution in [0.3, 0.4) is 0 Å². The van der Waals surface area contributed by atoms with Gasteiger partial charge >= 0.3 is 0 Å². The SMILES string of the molecule is O=[SH]1(O)CCNCC1. The molecule has 1 aliphatic heterocycles. The topological polar surface area (TPSA) is 49.3 Å². The molecule has 2 N–H and O–H groups in total.